The minimum atomic E-state index is -0.406. The first-order chi connectivity index (χ1) is 7.42. The second-order valence-corrected chi connectivity index (χ2v) is 5.40. The Morgan fingerprint density at radius 1 is 0.938 bits per heavy atom. The molecule has 1 aromatic rings. The van der Waals surface area contributed by atoms with Gasteiger partial charge in [-0.15, -0.1) is 0 Å². The van der Waals surface area contributed by atoms with E-state index in [1.165, 1.54) is 5.56 Å². The van der Waals surface area contributed by atoms with E-state index in [4.69, 9.17) is 0 Å². The zero-order chi connectivity index (χ0) is 11.8. The maximum absolute atomic E-state index is 4.38. The molecule has 2 heteroatoms. The van der Waals surface area contributed by atoms with Crippen molar-refractivity contribution in [2.75, 3.05) is 0 Å². The molecule has 0 saturated heterocycles. The van der Waals surface area contributed by atoms with E-state index in [-0.39, 0.29) is 5.41 Å². The molecular weight excluding hydrogens is 196 g/mol. The fraction of sp³-hybridized carbons (Fsp3) is 0.429. The number of nitrogens with zero attached hydrogens (tertiary/aromatic N) is 2. The summed E-state index contributed by atoms with van der Waals surface area (Å²) in [5.41, 5.74) is 2.27. The quantitative estimate of drug-likeness (QED) is 0.685. The molecule has 0 unspecified atom stereocenters. The Morgan fingerprint density at radius 2 is 1.44 bits per heavy atom. The lowest BCUT2D eigenvalue weighted by molar-refractivity contribution is 0.540. The largest absolute Gasteiger partial charge is 0.258 e. The molecule has 0 bridgehead atoms. The van der Waals surface area contributed by atoms with Crippen molar-refractivity contribution in [1.29, 1.82) is 0 Å². The number of benzene rings is 1. The van der Waals surface area contributed by atoms with Crippen LogP contribution in [-0.2, 0) is 11.1 Å². The summed E-state index contributed by atoms with van der Waals surface area (Å²) in [7, 11) is 0. The Hall–Kier alpha value is -1.44. The van der Waals surface area contributed by atoms with Crippen molar-refractivity contribution in [2.24, 2.45) is 9.98 Å². The van der Waals surface area contributed by atoms with Gasteiger partial charge in [0, 0.05) is 18.0 Å². The maximum atomic E-state index is 4.38. The lowest BCUT2D eigenvalue weighted by atomic mass is 9.86. The Morgan fingerprint density at radius 3 is 1.88 bits per heavy atom. The highest BCUT2D eigenvalue weighted by molar-refractivity contribution is 6.17. The van der Waals surface area contributed by atoms with E-state index in [9.17, 15) is 0 Å². The van der Waals surface area contributed by atoms with Gasteiger partial charge in [-0.1, -0.05) is 45.0 Å². The van der Waals surface area contributed by atoms with Gasteiger partial charge >= 0.3 is 0 Å². The van der Waals surface area contributed by atoms with Crippen molar-refractivity contribution in [1.82, 2.24) is 0 Å². The highest BCUT2D eigenvalue weighted by Crippen LogP contribution is 2.30. The number of hydrogen-bond donors (Lipinski definition) is 0. The van der Waals surface area contributed by atoms with Crippen LogP contribution in [0.1, 0.15) is 38.8 Å². The molecule has 0 amide bonds. The zero-order valence-corrected chi connectivity index (χ0v) is 10.4. The molecule has 2 nitrogen and oxygen atoms in total. The van der Waals surface area contributed by atoms with Crippen LogP contribution < -0.4 is 0 Å². The Bertz CT molecular complexity index is 421. The van der Waals surface area contributed by atoms with Crippen LogP contribution in [0.3, 0.4) is 0 Å². The van der Waals surface area contributed by atoms with Gasteiger partial charge in [-0.05, 0) is 17.9 Å². The smallest absolute Gasteiger partial charge is 0.172 e. The third-order valence-corrected chi connectivity index (χ3v) is 3.02. The average molecular weight is 214 g/mol. The van der Waals surface area contributed by atoms with Crippen LogP contribution in [0.5, 0.6) is 0 Å². The minimum Gasteiger partial charge on any atom is -0.258 e. The van der Waals surface area contributed by atoms with E-state index in [1.807, 2.05) is 6.92 Å². The van der Waals surface area contributed by atoms with Gasteiger partial charge in [0.2, 0.25) is 0 Å². The van der Waals surface area contributed by atoms with Gasteiger partial charge in [-0.3, -0.25) is 9.98 Å². The third kappa shape index (κ3) is 1.92. The monoisotopic (exact) mass is 214 g/mol. The average Bonchev–Trinajstić information content (AvgIpc) is 2.66. The summed E-state index contributed by atoms with van der Waals surface area (Å²) in [4.78, 5) is 8.76. The van der Waals surface area contributed by atoms with Crippen LogP contribution in [0.4, 0.5) is 0 Å². The molecule has 0 atom stereocenters. The van der Waals surface area contributed by atoms with Crippen LogP contribution in [0.2, 0.25) is 0 Å². The molecule has 0 fully saturated rings. The number of aliphatic imine (C=N–C) groups is 2. The number of rotatable bonds is 1. The maximum Gasteiger partial charge on any atom is 0.172 e. The van der Waals surface area contributed by atoms with Crippen molar-refractivity contribution in [2.45, 2.75) is 38.8 Å². The number of hydrogen-bond acceptors (Lipinski definition) is 2. The summed E-state index contributed by atoms with van der Waals surface area (Å²) in [5, 5.41) is 0. The Kier molecular flexibility index (Phi) is 2.45. The highest BCUT2D eigenvalue weighted by atomic mass is 15.1. The predicted molar refractivity (Wildman–Crippen MR) is 69.5 cm³/mol. The predicted octanol–water partition coefficient (Wildman–Crippen LogP) is 3.31. The highest BCUT2D eigenvalue weighted by Gasteiger charge is 2.25. The van der Waals surface area contributed by atoms with Crippen LogP contribution in [0.25, 0.3) is 0 Å². The van der Waals surface area contributed by atoms with Gasteiger partial charge in [-0.25, -0.2) is 0 Å². The molecule has 0 radical (unpaired) electrons. The molecule has 0 aliphatic carbocycles. The second kappa shape index (κ2) is 3.55. The fourth-order valence-electron chi connectivity index (χ4n) is 1.83. The molecule has 0 aromatic heterocycles. The zero-order valence-electron chi connectivity index (χ0n) is 10.4. The Labute approximate surface area is 97.1 Å². The molecule has 2 rings (SSSR count). The normalized spacial score (nSPS) is 18.0. The summed E-state index contributed by atoms with van der Waals surface area (Å²) >= 11 is 0. The SMILES string of the molecule is CC(C)(C)c1ccc(C2(C)N=CC=N2)cc1. The minimum absolute atomic E-state index is 0.196. The van der Waals surface area contributed by atoms with Gasteiger partial charge in [0.05, 0.1) is 0 Å². The van der Waals surface area contributed by atoms with E-state index in [2.05, 4.69) is 55.0 Å². The van der Waals surface area contributed by atoms with E-state index >= 15 is 0 Å². The lowest BCUT2D eigenvalue weighted by Gasteiger charge is -2.22. The van der Waals surface area contributed by atoms with Crippen molar-refractivity contribution < 1.29 is 0 Å². The van der Waals surface area contributed by atoms with E-state index in [0.29, 0.717) is 0 Å². The topological polar surface area (TPSA) is 24.7 Å². The summed E-state index contributed by atoms with van der Waals surface area (Å²) < 4.78 is 0. The first-order valence-corrected chi connectivity index (χ1v) is 5.62. The lowest BCUT2D eigenvalue weighted by Crippen LogP contribution is -2.15. The van der Waals surface area contributed by atoms with Gasteiger partial charge < -0.3 is 0 Å². The second-order valence-electron chi connectivity index (χ2n) is 5.40. The summed E-state index contributed by atoms with van der Waals surface area (Å²) in [6, 6.07) is 8.59. The molecule has 1 aliphatic heterocycles. The molecule has 1 aliphatic rings. The van der Waals surface area contributed by atoms with Crippen molar-refractivity contribution in [3.8, 4) is 0 Å². The first kappa shape index (κ1) is 11.1. The fourth-order valence-corrected chi connectivity index (χ4v) is 1.83. The van der Waals surface area contributed by atoms with Crippen LogP contribution in [0.15, 0.2) is 34.3 Å². The Balaban J connectivity index is 2.33. The van der Waals surface area contributed by atoms with E-state index in [0.717, 1.165) is 5.56 Å². The molecule has 16 heavy (non-hydrogen) atoms. The molecular formula is C14H18N2. The van der Waals surface area contributed by atoms with E-state index in [1.54, 1.807) is 12.4 Å². The van der Waals surface area contributed by atoms with Crippen LogP contribution in [0, 0.1) is 0 Å². The standard InChI is InChI=1S/C14H18N2/c1-13(2,3)11-5-7-12(8-6-11)14(4)15-9-10-16-14/h5-10H,1-4H3. The van der Waals surface area contributed by atoms with Crippen LogP contribution >= 0.6 is 0 Å². The third-order valence-electron chi connectivity index (χ3n) is 3.02. The molecule has 84 valence electrons. The summed E-state index contributed by atoms with van der Waals surface area (Å²) in [5.74, 6) is 0. The molecule has 0 saturated carbocycles. The van der Waals surface area contributed by atoms with Gasteiger partial charge in [0.15, 0.2) is 5.66 Å². The van der Waals surface area contributed by atoms with Gasteiger partial charge in [0.1, 0.15) is 0 Å². The summed E-state index contributed by atoms with van der Waals surface area (Å²) in [6.45, 7) is 8.68. The molecule has 1 heterocycles. The van der Waals surface area contributed by atoms with E-state index < -0.39 is 5.66 Å². The molecule has 0 spiro atoms. The summed E-state index contributed by atoms with van der Waals surface area (Å²) in [6.07, 6.45) is 3.52. The van der Waals surface area contributed by atoms with Gasteiger partial charge in [-0.2, -0.15) is 0 Å². The first-order valence-electron chi connectivity index (χ1n) is 5.62. The van der Waals surface area contributed by atoms with Crippen molar-refractivity contribution in [3.63, 3.8) is 0 Å². The molecule has 1 aromatic carbocycles. The van der Waals surface area contributed by atoms with Gasteiger partial charge in [0.25, 0.3) is 0 Å². The van der Waals surface area contributed by atoms with Crippen LogP contribution in [-0.4, -0.2) is 12.4 Å². The van der Waals surface area contributed by atoms with Crippen molar-refractivity contribution in [3.05, 3.63) is 35.4 Å². The van der Waals surface area contributed by atoms with Crippen molar-refractivity contribution >= 4 is 12.4 Å². The molecule has 0 N–H and O–H groups in total.